The van der Waals surface area contributed by atoms with Crippen molar-refractivity contribution >= 4 is 0 Å². The molecule has 0 radical (unpaired) electrons. The first-order chi connectivity index (χ1) is 7.44. The number of hydrogen-bond donors (Lipinski definition) is 1. The van der Waals surface area contributed by atoms with Crippen LogP contribution in [-0.2, 0) is 0 Å². The van der Waals surface area contributed by atoms with Crippen LogP contribution < -0.4 is 5.32 Å². The first kappa shape index (κ1) is 15.7. The fraction of sp³-hybridized carbons (Fsp3) is 0.857. The van der Waals surface area contributed by atoms with E-state index in [4.69, 9.17) is 0 Å². The van der Waals surface area contributed by atoms with Gasteiger partial charge in [0.05, 0.1) is 0 Å². The molecule has 96 valence electrons. The van der Waals surface area contributed by atoms with E-state index in [1.807, 2.05) is 0 Å². The van der Waals surface area contributed by atoms with E-state index >= 15 is 0 Å². The molecule has 2 nitrogen and oxygen atoms in total. The average molecular weight is 226 g/mol. The van der Waals surface area contributed by atoms with Crippen LogP contribution in [0.3, 0.4) is 0 Å². The third kappa shape index (κ3) is 3.60. The molecular weight excluding hydrogens is 196 g/mol. The minimum absolute atomic E-state index is 0.268. The van der Waals surface area contributed by atoms with Crippen molar-refractivity contribution in [2.45, 2.75) is 58.0 Å². The topological polar surface area (TPSA) is 15.3 Å². The van der Waals surface area contributed by atoms with E-state index in [-0.39, 0.29) is 5.54 Å². The Bertz CT molecular complexity index is 205. The lowest BCUT2D eigenvalue weighted by molar-refractivity contribution is 0.0879. The molecule has 0 saturated heterocycles. The van der Waals surface area contributed by atoms with E-state index in [0.717, 1.165) is 6.42 Å². The fourth-order valence-electron chi connectivity index (χ4n) is 2.76. The Hall–Kier alpha value is -0.340. The van der Waals surface area contributed by atoms with Crippen LogP contribution in [0.1, 0.15) is 46.5 Å². The minimum atomic E-state index is 0.268. The molecule has 0 fully saturated rings. The van der Waals surface area contributed by atoms with Crippen molar-refractivity contribution in [3.63, 3.8) is 0 Å². The Morgan fingerprint density at radius 2 is 1.81 bits per heavy atom. The van der Waals surface area contributed by atoms with Crippen molar-refractivity contribution in [3.8, 4) is 0 Å². The molecule has 1 atom stereocenters. The lowest BCUT2D eigenvalue weighted by Gasteiger charge is -2.45. The highest BCUT2D eigenvalue weighted by Gasteiger charge is 2.36. The molecule has 0 aliphatic rings. The van der Waals surface area contributed by atoms with Crippen LogP contribution in [0, 0.1) is 0 Å². The van der Waals surface area contributed by atoms with Gasteiger partial charge >= 0.3 is 0 Å². The highest BCUT2D eigenvalue weighted by molar-refractivity contribution is 4.99. The molecule has 1 N–H and O–H groups in total. The lowest BCUT2D eigenvalue weighted by atomic mass is 9.80. The normalized spacial score (nSPS) is 14.2. The average Bonchev–Trinajstić information content (AvgIpc) is 2.23. The lowest BCUT2D eigenvalue weighted by Crippen LogP contribution is -2.57. The van der Waals surface area contributed by atoms with E-state index in [1.165, 1.54) is 24.8 Å². The summed E-state index contributed by atoms with van der Waals surface area (Å²) in [7, 11) is 6.46. The van der Waals surface area contributed by atoms with Crippen LogP contribution in [-0.4, -0.2) is 37.6 Å². The SMILES string of the molecule is C=C(C)CCC(NC)C(CC)(CC)N(C)C. The molecule has 1 unspecified atom stereocenters. The highest BCUT2D eigenvalue weighted by atomic mass is 15.2. The fourth-order valence-corrected chi connectivity index (χ4v) is 2.76. The zero-order valence-electron chi connectivity index (χ0n) is 12.1. The summed E-state index contributed by atoms with van der Waals surface area (Å²) in [5.74, 6) is 0. The number of hydrogen-bond acceptors (Lipinski definition) is 2. The molecule has 0 aromatic carbocycles. The standard InChI is InChI=1S/C14H30N2/c1-8-14(9-2,16(6)7)13(15-5)11-10-12(3)4/h13,15H,3,8-11H2,1-2,4-7H3. The Kier molecular flexibility index (Phi) is 6.93. The van der Waals surface area contributed by atoms with Gasteiger partial charge in [-0.25, -0.2) is 0 Å². The molecule has 0 aliphatic heterocycles. The summed E-state index contributed by atoms with van der Waals surface area (Å²) in [6.45, 7) is 10.7. The van der Waals surface area contributed by atoms with Gasteiger partial charge in [0.1, 0.15) is 0 Å². The molecule has 0 amide bonds. The van der Waals surface area contributed by atoms with Gasteiger partial charge in [-0.1, -0.05) is 19.4 Å². The number of allylic oxidation sites excluding steroid dienone is 1. The summed E-state index contributed by atoms with van der Waals surface area (Å²) in [5.41, 5.74) is 1.55. The summed E-state index contributed by atoms with van der Waals surface area (Å²) in [6.07, 6.45) is 4.64. The van der Waals surface area contributed by atoms with Crippen molar-refractivity contribution in [2.75, 3.05) is 21.1 Å². The van der Waals surface area contributed by atoms with E-state index < -0.39 is 0 Å². The Morgan fingerprint density at radius 1 is 1.31 bits per heavy atom. The molecule has 0 aliphatic carbocycles. The van der Waals surface area contributed by atoms with Crippen molar-refractivity contribution in [1.82, 2.24) is 10.2 Å². The van der Waals surface area contributed by atoms with Crippen LogP contribution in [0.2, 0.25) is 0 Å². The molecule has 0 bridgehead atoms. The number of rotatable bonds is 8. The molecule has 0 rings (SSSR count). The second-order valence-corrected chi connectivity index (χ2v) is 5.04. The summed E-state index contributed by atoms with van der Waals surface area (Å²) >= 11 is 0. The minimum Gasteiger partial charge on any atom is -0.315 e. The van der Waals surface area contributed by atoms with Crippen molar-refractivity contribution < 1.29 is 0 Å². The first-order valence-electron chi connectivity index (χ1n) is 6.43. The van der Waals surface area contributed by atoms with E-state index in [0.29, 0.717) is 6.04 Å². The van der Waals surface area contributed by atoms with Gasteiger partial charge in [0.25, 0.3) is 0 Å². The maximum atomic E-state index is 4.00. The maximum absolute atomic E-state index is 4.00. The molecule has 0 heterocycles. The number of nitrogens with one attached hydrogen (secondary N) is 1. The Balaban J connectivity index is 4.76. The Morgan fingerprint density at radius 3 is 2.06 bits per heavy atom. The molecular formula is C14H30N2. The zero-order chi connectivity index (χ0) is 12.8. The Labute approximate surface area is 102 Å². The number of nitrogens with zero attached hydrogens (tertiary/aromatic N) is 1. The quantitative estimate of drug-likeness (QED) is 0.640. The van der Waals surface area contributed by atoms with Crippen molar-refractivity contribution in [2.24, 2.45) is 0 Å². The predicted octanol–water partition coefficient (Wildman–Crippen LogP) is 3.05. The van der Waals surface area contributed by atoms with E-state index in [1.54, 1.807) is 0 Å². The van der Waals surface area contributed by atoms with Gasteiger partial charge in [-0.15, -0.1) is 6.58 Å². The zero-order valence-corrected chi connectivity index (χ0v) is 12.1. The first-order valence-corrected chi connectivity index (χ1v) is 6.43. The molecule has 0 saturated carbocycles. The summed E-state index contributed by atoms with van der Waals surface area (Å²) in [5, 5.41) is 3.50. The van der Waals surface area contributed by atoms with Gasteiger partial charge in [0, 0.05) is 11.6 Å². The third-order valence-corrected chi connectivity index (χ3v) is 3.97. The molecule has 0 spiro atoms. The van der Waals surface area contributed by atoms with E-state index in [9.17, 15) is 0 Å². The van der Waals surface area contributed by atoms with Gasteiger partial charge in [-0.2, -0.15) is 0 Å². The van der Waals surface area contributed by atoms with Crippen LogP contribution in [0.25, 0.3) is 0 Å². The third-order valence-electron chi connectivity index (χ3n) is 3.97. The second kappa shape index (κ2) is 7.08. The van der Waals surface area contributed by atoms with Crippen LogP contribution in [0.4, 0.5) is 0 Å². The van der Waals surface area contributed by atoms with Crippen LogP contribution >= 0.6 is 0 Å². The van der Waals surface area contributed by atoms with Gasteiger partial charge < -0.3 is 10.2 Å². The highest BCUT2D eigenvalue weighted by Crippen LogP contribution is 2.28. The molecule has 0 aromatic heterocycles. The van der Waals surface area contributed by atoms with Gasteiger partial charge in [0.2, 0.25) is 0 Å². The predicted molar refractivity (Wildman–Crippen MR) is 73.9 cm³/mol. The summed E-state index contributed by atoms with van der Waals surface area (Å²) < 4.78 is 0. The summed E-state index contributed by atoms with van der Waals surface area (Å²) in [6, 6.07) is 0.536. The monoisotopic (exact) mass is 226 g/mol. The smallest absolute Gasteiger partial charge is 0.0351 e. The van der Waals surface area contributed by atoms with Crippen molar-refractivity contribution in [1.29, 1.82) is 0 Å². The molecule has 16 heavy (non-hydrogen) atoms. The molecule has 2 heteroatoms. The summed E-state index contributed by atoms with van der Waals surface area (Å²) in [4.78, 5) is 2.38. The molecule has 0 aromatic rings. The number of likely N-dealkylation sites (N-methyl/N-ethyl adjacent to an activating group) is 2. The van der Waals surface area contributed by atoms with Gasteiger partial charge in [-0.05, 0) is 53.8 Å². The maximum Gasteiger partial charge on any atom is 0.0351 e. The largest absolute Gasteiger partial charge is 0.315 e. The second-order valence-electron chi connectivity index (χ2n) is 5.04. The van der Waals surface area contributed by atoms with Crippen LogP contribution in [0.5, 0.6) is 0 Å². The van der Waals surface area contributed by atoms with Gasteiger partial charge in [0.15, 0.2) is 0 Å². The van der Waals surface area contributed by atoms with E-state index in [2.05, 4.69) is 58.7 Å². The van der Waals surface area contributed by atoms with Crippen LogP contribution in [0.15, 0.2) is 12.2 Å². The van der Waals surface area contributed by atoms with Crippen molar-refractivity contribution in [3.05, 3.63) is 12.2 Å². The van der Waals surface area contributed by atoms with Gasteiger partial charge in [-0.3, -0.25) is 0 Å².